The Kier molecular flexibility index (Phi) is 5.13. The van der Waals surface area contributed by atoms with Crippen LogP contribution >= 0.6 is 11.6 Å². The summed E-state index contributed by atoms with van der Waals surface area (Å²) in [5.41, 5.74) is 6.57. The van der Waals surface area contributed by atoms with Gasteiger partial charge in [-0.2, -0.15) is 0 Å². The summed E-state index contributed by atoms with van der Waals surface area (Å²) >= 11 is 6.06. The predicted molar refractivity (Wildman–Crippen MR) is 122 cm³/mol. The number of para-hydroxylation sites is 1. The van der Waals surface area contributed by atoms with Crippen molar-refractivity contribution in [1.82, 2.24) is 9.88 Å². The number of aromatic nitrogens is 1. The van der Waals surface area contributed by atoms with Crippen molar-refractivity contribution in [3.63, 3.8) is 0 Å². The predicted octanol–water partition coefficient (Wildman–Crippen LogP) is 6.87. The van der Waals surface area contributed by atoms with Gasteiger partial charge in [0.15, 0.2) is 0 Å². The molecule has 0 spiro atoms. The number of benzene rings is 3. The van der Waals surface area contributed by atoms with Crippen LogP contribution in [0.4, 0.5) is 0 Å². The van der Waals surface area contributed by atoms with E-state index in [0.717, 1.165) is 24.7 Å². The number of hydrogen-bond acceptors (Lipinski definition) is 1. The minimum absolute atomic E-state index is 0.639. The maximum Gasteiger partial charge on any atom is 0.0510 e. The molecule has 0 unspecified atom stereocenters. The van der Waals surface area contributed by atoms with Gasteiger partial charge in [0.1, 0.15) is 0 Å². The molecule has 0 amide bonds. The molecule has 2 heterocycles. The Hall–Kier alpha value is -2.55. The molecule has 1 aliphatic rings. The monoisotopic (exact) mass is 400 g/mol. The van der Waals surface area contributed by atoms with E-state index in [0.29, 0.717) is 5.92 Å². The fourth-order valence-corrected chi connectivity index (χ4v) is 4.72. The fraction of sp³-hybridized carbons (Fsp3) is 0.231. The number of nitrogens with one attached hydrogen (secondary N) is 1. The molecule has 4 aromatic rings. The Balaban J connectivity index is 1.38. The number of likely N-dealkylation sites (tertiary alicyclic amines) is 1. The van der Waals surface area contributed by atoms with Gasteiger partial charge in [0.25, 0.3) is 0 Å². The summed E-state index contributed by atoms with van der Waals surface area (Å²) < 4.78 is 0. The van der Waals surface area contributed by atoms with Crippen LogP contribution in [0.1, 0.15) is 29.9 Å². The largest absolute Gasteiger partial charge is 0.354 e. The highest BCUT2D eigenvalue weighted by Gasteiger charge is 2.23. The van der Waals surface area contributed by atoms with Crippen molar-refractivity contribution >= 4 is 22.5 Å². The summed E-state index contributed by atoms with van der Waals surface area (Å²) in [4.78, 5) is 6.28. The first-order chi connectivity index (χ1) is 14.3. The van der Waals surface area contributed by atoms with E-state index in [1.54, 1.807) is 0 Å². The van der Waals surface area contributed by atoms with E-state index < -0.39 is 0 Å². The highest BCUT2D eigenvalue weighted by molar-refractivity contribution is 6.30. The van der Waals surface area contributed by atoms with Crippen molar-refractivity contribution in [2.45, 2.75) is 25.3 Å². The number of piperidine rings is 1. The lowest BCUT2D eigenvalue weighted by Crippen LogP contribution is -2.32. The zero-order chi connectivity index (χ0) is 19.6. The molecule has 0 saturated carbocycles. The van der Waals surface area contributed by atoms with Crippen LogP contribution in [0.15, 0.2) is 78.9 Å². The Morgan fingerprint density at radius 1 is 0.828 bits per heavy atom. The Bertz CT molecular complexity index is 1090. The van der Waals surface area contributed by atoms with Crippen molar-refractivity contribution in [2.24, 2.45) is 0 Å². The first kappa shape index (κ1) is 18.5. The first-order valence-corrected chi connectivity index (χ1v) is 10.8. The minimum Gasteiger partial charge on any atom is -0.354 e. The zero-order valence-corrected chi connectivity index (χ0v) is 17.2. The van der Waals surface area contributed by atoms with Gasteiger partial charge in [-0.1, -0.05) is 72.3 Å². The van der Waals surface area contributed by atoms with Crippen molar-refractivity contribution in [2.75, 3.05) is 13.1 Å². The number of rotatable bonds is 4. The number of nitrogens with zero attached hydrogens (tertiary/aromatic N) is 1. The van der Waals surface area contributed by atoms with Gasteiger partial charge in [-0.25, -0.2) is 0 Å². The van der Waals surface area contributed by atoms with Crippen molar-refractivity contribution < 1.29 is 0 Å². The SMILES string of the molecule is Clc1ccc(C2CCN(Cc3c(-c4ccccc4)[nH]c4ccccc34)CC2)cc1. The minimum atomic E-state index is 0.639. The van der Waals surface area contributed by atoms with E-state index in [2.05, 4.69) is 76.6 Å². The number of H-pyrrole nitrogens is 1. The van der Waals surface area contributed by atoms with E-state index in [1.807, 2.05) is 12.1 Å². The van der Waals surface area contributed by atoms with E-state index in [9.17, 15) is 0 Å². The first-order valence-electron chi connectivity index (χ1n) is 10.4. The van der Waals surface area contributed by atoms with Crippen LogP contribution in [0, 0.1) is 0 Å². The highest BCUT2D eigenvalue weighted by Crippen LogP contribution is 2.34. The molecule has 29 heavy (non-hydrogen) atoms. The summed E-state index contributed by atoms with van der Waals surface area (Å²) in [5, 5.41) is 2.16. The third-order valence-electron chi connectivity index (χ3n) is 6.19. The van der Waals surface area contributed by atoms with Crippen LogP contribution in [-0.2, 0) is 6.54 Å². The van der Waals surface area contributed by atoms with Crippen molar-refractivity contribution in [1.29, 1.82) is 0 Å². The average Bonchev–Trinajstić information content (AvgIpc) is 3.14. The molecule has 1 aromatic heterocycles. The Labute approximate surface area is 177 Å². The van der Waals surface area contributed by atoms with Gasteiger partial charge in [0.05, 0.1) is 5.69 Å². The van der Waals surface area contributed by atoms with Crippen LogP contribution in [0.25, 0.3) is 22.2 Å². The smallest absolute Gasteiger partial charge is 0.0510 e. The van der Waals surface area contributed by atoms with E-state index in [1.165, 1.54) is 46.1 Å². The van der Waals surface area contributed by atoms with Crippen LogP contribution in [0.2, 0.25) is 5.02 Å². The normalized spacial score (nSPS) is 15.8. The molecular weight excluding hydrogens is 376 g/mol. The topological polar surface area (TPSA) is 19.0 Å². The van der Waals surface area contributed by atoms with Gasteiger partial charge in [0.2, 0.25) is 0 Å². The second-order valence-corrected chi connectivity index (χ2v) is 8.43. The molecule has 0 aliphatic carbocycles. The molecule has 0 radical (unpaired) electrons. The van der Waals surface area contributed by atoms with Crippen molar-refractivity contribution in [3.8, 4) is 11.3 Å². The lowest BCUT2D eigenvalue weighted by molar-refractivity contribution is 0.205. The van der Waals surface area contributed by atoms with Crippen molar-refractivity contribution in [3.05, 3.63) is 95.0 Å². The number of aromatic amines is 1. The highest BCUT2D eigenvalue weighted by atomic mass is 35.5. The Morgan fingerprint density at radius 2 is 1.52 bits per heavy atom. The molecule has 0 bridgehead atoms. The van der Waals surface area contributed by atoms with Gasteiger partial charge >= 0.3 is 0 Å². The molecule has 3 heteroatoms. The lowest BCUT2D eigenvalue weighted by atomic mass is 9.89. The summed E-state index contributed by atoms with van der Waals surface area (Å²) in [7, 11) is 0. The summed E-state index contributed by atoms with van der Waals surface area (Å²) in [6, 6.07) is 27.8. The maximum atomic E-state index is 6.06. The number of halogens is 1. The standard InChI is InChI=1S/C26H25ClN2/c27-22-12-10-19(11-13-22)20-14-16-29(17-15-20)18-24-23-8-4-5-9-25(23)28-26(24)21-6-2-1-3-7-21/h1-13,20,28H,14-18H2. The number of hydrogen-bond donors (Lipinski definition) is 1. The molecule has 0 atom stereocenters. The molecule has 1 N–H and O–H groups in total. The molecule has 146 valence electrons. The van der Waals surface area contributed by atoms with Gasteiger partial charge in [-0.3, -0.25) is 4.90 Å². The average molecular weight is 401 g/mol. The van der Waals surface area contributed by atoms with E-state index in [4.69, 9.17) is 11.6 Å². The van der Waals surface area contributed by atoms with Crippen LogP contribution in [0.5, 0.6) is 0 Å². The van der Waals surface area contributed by atoms with Gasteiger partial charge in [0, 0.05) is 22.5 Å². The molecule has 2 nitrogen and oxygen atoms in total. The third-order valence-corrected chi connectivity index (χ3v) is 6.44. The number of fused-ring (bicyclic) bond motifs is 1. The summed E-state index contributed by atoms with van der Waals surface area (Å²) in [5.74, 6) is 0.639. The third kappa shape index (κ3) is 3.83. The second-order valence-electron chi connectivity index (χ2n) is 7.99. The van der Waals surface area contributed by atoms with Crippen LogP contribution in [0.3, 0.4) is 0 Å². The second kappa shape index (κ2) is 8.06. The maximum absolute atomic E-state index is 6.06. The van der Waals surface area contributed by atoms with Gasteiger partial charge in [-0.15, -0.1) is 0 Å². The van der Waals surface area contributed by atoms with Crippen LogP contribution < -0.4 is 0 Å². The quantitative estimate of drug-likeness (QED) is 0.396. The molecule has 1 fully saturated rings. The fourth-order valence-electron chi connectivity index (χ4n) is 4.60. The molecule has 1 saturated heterocycles. The summed E-state index contributed by atoms with van der Waals surface area (Å²) in [6.45, 7) is 3.24. The van der Waals surface area contributed by atoms with Crippen LogP contribution in [-0.4, -0.2) is 23.0 Å². The molecular formula is C26H25ClN2. The Morgan fingerprint density at radius 3 is 2.28 bits per heavy atom. The van der Waals surface area contributed by atoms with Gasteiger partial charge in [-0.05, 0) is 66.7 Å². The molecule has 5 rings (SSSR count). The van der Waals surface area contributed by atoms with E-state index >= 15 is 0 Å². The van der Waals surface area contributed by atoms with E-state index in [-0.39, 0.29) is 0 Å². The lowest BCUT2D eigenvalue weighted by Gasteiger charge is -2.32. The van der Waals surface area contributed by atoms with Gasteiger partial charge < -0.3 is 4.98 Å². The summed E-state index contributed by atoms with van der Waals surface area (Å²) in [6.07, 6.45) is 2.40. The zero-order valence-electron chi connectivity index (χ0n) is 16.4. The molecule has 1 aliphatic heterocycles. The molecule has 3 aromatic carbocycles.